The Morgan fingerprint density at radius 2 is 1.33 bits per heavy atom. The number of rotatable bonds is 0. The Kier molecular flexibility index (Phi) is 1.54. The molecule has 5 heteroatoms. The smallest absolute Gasteiger partial charge is 0.353 e. The zero-order valence-corrected chi connectivity index (χ0v) is 5.91. The molecule has 1 heterocycles. The highest BCUT2D eigenvalue weighted by molar-refractivity contribution is 7.90. The van der Waals surface area contributed by atoms with Gasteiger partial charge in [0.15, 0.2) is 0 Å². The van der Waals surface area contributed by atoms with Crippen molar-refractivity contribution < 1.29 is 14.3 Å². The van der Waals surface area contributed by atoms with Crippen LogP contribution in [-0.2, 0) is 14.3 Å². The molecule has 0 N–H and O–H groups in total. The summed E-state index contributed by atoms with van der Waals surface area (Å²) in [5, 5.41) is 0. The Hall–Kier alpha value is -0.420. The van der Waals surface area contributed by atoms with E-state index in [0.717, 1.165) is 0 Å². The zero-order chi connectivity index (χ0) is 7.02. The van der Waals surface area contributed by atoms with Crippen molar-refractivity contribution in [2.24, 2.45) is 0 Å². The molecule has 0 aliphatic carbocycles. The predicted octanol–water partition coefficient (Wildman–Crippen LogP) is 0.141. The summed E-state index contributed by atoms with van der Waals surface area (Å²) < 4.78 is 4.08. The van der Waals surface area contributed by atoms with Gasteiger partial charge in [0.25, 0.3) is 0 Å². The second-order valence-corrected chi connectivity index (χ2v) is 2.27. The molecule has 9 heavy (non-hydrogen) atoms. The minimum atomic E-state index is -0.728. The molecule has 1 aliphatic heterocycles. The van der Waals surface area contributed by atoms with Gasteiger partial charge in [-0.15, -0.1) is 25.3 Å². The maximum absolute atomic E-state index is 10.4. The van der Waals surface area contributed by atoms with E-state index >= 15 is 0 Å². The van der Waals surface area contributed by atoms with Crippen LogP contribution < -0.4 is 0 Å². The average Bonchev–Trinajstić information content (AvgIpc) is 1.98. The first-order valence-corrected chi connectivity index (χ1v) is 2.91. The quantitative estimate of drug-likeness (QED) is 0.302. The maximum atomic E-state index is 10.4. The number of esters is 2. The Bertz CT molecular complexity index is 196. The highest BCUT2D eigenvalue weighted by Crippen LogP contribution is 2.22. The lowest BCUT2D eigenvalue weighted by molar-refractivity contribution is -0.150. The average molecular weight is 162 g/mol. The number of cyclic esters (lactones) is 2. The Morgan fingerprint density at radius 3 is 1.44 bits per heavy atom. The van der Waals surface area contributed by atoms with Gasteiger partial charge in [0.1, 0.15) is 9.81 Å². The first kappa shape index (κ1) is 6.70. The summed E-state index contributed by atoms with van der Waals surface area (Å²) in [5.74, 6) is -1.46. The molecule has 0 atom stereocenters. The number of thiol groups is 2. The molecule has 0 unspecified atom stereocenters. The van der Waals surface area contributed by atoms with Crippen LogP contribution in [0.1, 0.15) is 0 Å². The zero-order valence-electron chi connectivity index (χ0n) is 4.12. The fourth-order valence-corrected chi connectivity index (χ4v) is 0.648. The second-order valence-electron chi connectivity index (χ2n) is 1.37. The highest BCUT2D eigenvalue weighted by atomic mass is 32.1. The SMILES string of the molecule is O=C1OC(=O)C(S)=C1S. The van der Waals surface area contributed by atoms with Crippen molar-refractivity contribution in [3.05, 3.63) is 9.81 Å². The van der Waals surface area contributed by atoms with Crippen LogP contribution in [0.4, 0.5) is 0 Å². The maximum Gasteiger partial charge on any atom is 0.353 e. The molecule has 0 fully saturated rings. The van der Waals surface area contributed by atoms with Crippen molar-refractivity contribution in [1.82, 2.24) is 0 Å². The number of hydrogen-bond acceptors (Lipinski definition) is 5. The van der Waals surface area contributed by atoms with Crippen LogP contribution in [0.25, 0.3) is 0 Å². The van der Waals surface area contributed by atoms with Crippen LogP contribution in [0, 0.1) is 0 Å². The Balaban J connectivity index is 3.06. The molecule has 48 valence electrons. The summed E-state index contributed by atoms with van der Waals surface area (Å²) in [6.07, 6.45) is 0. The van der Waals surface area contributed by atoms with Gasteiger partial charge in [-0.3, -0.25) is 0 Å². The lowest BCUT2D eigenvalue weighted by atomic mass is 10.5. The lowest BCUT2D eigenvalue weighted by Gasteiger charge is -1.83. The van der Waals surface area contributed by atoms with Crippen molar-refractivity contribution in [3.8, 4) is 0 Å². The van der Waals surface area contributed by atoms with Crippen LogP contribution >= 0.6 is 25.3 Å². The molecule has 0 aromatic heterocycles. The highest BCUT2D eigenvalue weighted by Gasteiger charge is 2.27. The monoisotopic (exact) mass is 162 g/mol. The van der Waals surface area contributed by atoms with E-state index in [-0.39, 0.29) is 9.81 Å². The molecule has 0 saturated heterocycles. The van der Waals surface area contributed by atoms with E-state index in [9.17, 15) is 9.59 Å². The van der Waals surface area contributed by atoms with Crippen LogP contribution in [-0.4, -0.2) is 11.9 Å². The van der Waals surface area contributed by atoms with Gasteiger partial charge in [0.05, 0.1) is 0 Å². The van der Waals surface area contributed by atoms with Crippen molar-refractivity contribution >= 4 is 37.2 Å². The van der Waals surface area contributed by atoms with E-state index in [1.165, 1.54) is 0 Å². The van der Waals surface area contributed by atoms with Crippen molar-refractivity contribution in [1.29, 1.82) is 0 Å². The van der Waals surface area contributed by atoms with Crippen LogP contribution in [0.5, 0.6) is 0 Å². The summed E-state index contributed by atoms with van der Waals surface area (Å²) in [7, 11) is 0. The first-order valence-electron chi connectivity index (χ1n) is 2.01. The van der Waals surface area contributed by atoms with E-state index in [1.54, 1.807) is 0 Å². The van der Waals surface area contributed by atoms with Gasteiger partial charge in [0, 0.05) is 0 Å². The predicted molar refractivity (Wildman–Crippen MR) is 36.1 cm³/mol. The van der Waals surface area contributed by atoms with E-state index in [1.807, 2.05) is 0 Å². The van der Waals surface area contributed by atoms with Gasteiger partial charge in [-0.25, -0.2) is 9.59 Å². The summed E-state index contributed by atoms with van der Waals surface area (Å²) >= 11 is 7.30. The lowest BCUT2D eigenvalue weighted by Crippen LogP contribution is -1.99. The van der Waals surface area contributed by atoms with Crippen molar-refractivity contribution in [2.45, 2.75) is 0 Å². The molecule has 0 spiro atoms. The van der Waals surface area contributed by atoms with Gasteiger partial charge in [-0.05, 0) is 0 Å². The van der Waals surface area contributed by atoms with E-state index in [0.29, 0.717) is 0 Å². The molecular weight excluding hydrogens is 160 g/mol. The van der Waals surface area contributed by atoms with Gasteiger partial charge < -0.3 is 4.74 Å². The van der Waals surface area contributed by atoms with Gasteiger partial charge >= 0.3 is 11.9 Å². The molecule has 1 aliphatic rings. The van der Waals surface area contributed by atoms with Gasteiger partial charge in [0.2, 0.25) is 0 Å². The molecule has 0 amide bonds. The topological polar surface area (TPSA) is 43.4 Å². The minimum absolute atomic E-state index is 0.0247. The van der Waals surface area contributed by atoms with Crippen molar-refractivity contribution in [3.63, 3.8) is 0 Å². The third kappa shape index (κ3) is 0.972. The summed E-state index contributed by atoms with van der Waals surface area (Å²) in [4.78, 5) is 20.7. The van der Waals surface area contributed by atoms with E-state index in [4.69, 9.17) is 0 Å². The van der Waals surface area contributed by atoms with Crippen LogP contribution in [0.2, 0.25) is 0 Å². The molecule has 1 rings (SSSR count). The summed E-state index contributed by atoms with van der Waals surface area (Å²) in [5.41, 5.74) is 0. The van der Waals surface area contributed by atoms with E-state index in [2.05, 4.69) is 30.0 Å². The molecule has 0 aromatic rings. The molecule has 0 radical (unpaired) electrons. The number of hydrogen-bond donors (Lipinski definition) is 2. The van der Waals surface area contributed by atoms with Crippen molar-refractivity contribution in [2.75, 3.05) is 0 Å². The Morgan fingerprint density at radius 1 is 1.00 bits per heavy atom. The fraction of sp³-hybridized carbons (Fsp3) is 0. The largest absolute Gasteiger partial charge is 0.385 e. The number of carbonyl (C=O) groups is 2. The minimum Gasteiger partial charge on any atom is -0.385 e. The molecular formula is C4H2O3S2. The standard InChI is InChI=1S/C4H2O3S2/c5-3-1(8)2(9)4(6)7-3/h8-9H. The molecule has 0 saturated carbocycles. The van der Waals surface area contributed by atoms with E-state index < -0.39 is 11.9 Å². The normalized spacial score (nSPS) is 18.9. The van der Waals surface area contributed by atoms with Gasteiger partial charge in [-0.2, -0.15) is 0 Å². The van der Waals surface area contributed by atoms with Crippen LogP contribution in [0.15, 0.2) is 9.81 Å². The first-order chi connectivity index (χ1) is 4.13. The fourth-order valence-electron chi connectivity index (χ4n) is 0.374. The molecule has 3 nitrogen and oxygen atoms in total. The van der Waals surface area contributed by atoms with Gasteiger partial charge in [-0.1, -0.05) is 0 Å². The second kappa shape index (κ2) is 2.07. The third-order valence-corrected chi connectivity index (χ3v) is 1.79. The summed E-state index contributed by atoms with van der Waals surface area (Å²) in [6.45, 7) is 0. The molecule has 0 bridgehead atoms. The molecule has 0 aromatic carbocycles. The van der Waals surface area contributed by atoms with Crippen LogP contribution in [0.3, 0.4) is 0 Å². The third-order valence-electron chi connectivity index (χ3n) is 0.796. The number of carbonyl (C=O) groups excluding carboxylic acids is 2. The Labute approximate surface area is 61.9 Å². The summed E-state index contributed by atoms with van der Waals surface area (Å²) in [6, 6.07) is 0. The number of ether oxygens (including phenoxy) is 1.